The molecule has 1 aliphatic carbocycles. The number of hydrogen-bond acceptors (Lipinski definition) is 5. The second kappa shape index (κ2) is 11.7. The van der Waals surface area contributed by atoms with Crippen LogP contribution in [0.4, 0.5) is 4.79 Å². The van der Waals surface area contributed by atoms with Gasteiger partial charge in [-0.3, -0.25) is 9.59 Å². The molecule has 1 aromatic carbocycles. The molecule has 0 atom stereocenters. The summed E-state index contributed by atoms with van der Waals surface area (Å²) in [6, 6.07) is 6.36. The quantitative estimate of drug-likeness (QED) is 0.386. The first-order valence-corrected chi connectivity index (χ1v) is 11.7. The Morgan fingerprint density at radius 1 is 1.06 bits per heavy atom. The molecule has 0 unspecified atom stereocenters. The van der Waals surface area contributed by atoms with E-state index < -0.39 is 6.16 Å². The average molecular weight is 443 g/mol. The van der Waals surface area contributed by atoms with Crippen molar-refractivity contribution in [3.05, 3.63) is 41.5 Å². The van der Waals surface area contributed by atoms with Crippen LogP contribution in [0, 0.1) is 11.8 Å². The summed E-state index contributed by atoms with van der Waals surface area (Å²) in [6.45, 7) is 6.07. The van der Waals surface area contributed by atoms with Crippen LogP contribution in [0.5, 0.6) is 5.75 Å². The first kappa shape index (κ1) is 23.8. The lowest BCUT2D eigenvalue weighted by Crippen LogP contribution is -2.41. The number of rotatable bonds is 7. The van der Waals surface area contributed by atoms with Gasteiger partial charge >= 0.3 is 6.16 Å². The molecule has 7 nitrogen and oxygen atoms in total. The Morgan fingerprint density at radius 3 is 2.34 bits per heavy atom. The Labute approximate surface area is 190 Å². The average Bonchev–Trinajstić information content (AvgIpc) is 3.33. The van der Waals surface area contributed by atoms with E-state index >= 15 is 0 Å². The van der Waals surface area contributed by atoms with Gasteiger partial charge in [-0.2, -0.15) is 0 Å². The molecule has 2 fully saturated rings. The van der Waals surface area contributed by atoms with E-state index in [4.69, 9.17) is 9.47 Å². The number of carbonyl (C=O) groups is 3. The monoisotopic (exact) mass is 442 g/mol. The molecule has 0 bridgehead atoms. The topological polar surface area (TPSA) is 84.9 Å². The third kappa shape index (κ3) is 6.84. The van der Waals surface area contributed by atoms with Crippen LogP contribution in [0.1, 0.15) is 62.7 Å². The van der Waals surface area contributed by atoms with Gasteiger partial charge in [0, 0.05) is 31.3 Å². The first-order chi connectivity index (χ1) is 15.5. The van der Waals surface area contributed by atoms with E-state index in [0.29, 0.717) is 29.7 Å². The molecule has 0 aromatic heterocycles. The van der Waals surface area contributed by atoms with Crippen molar-refractivity contribution in [2.24, 2.45) is 11.8 Å². The van der Waals surface area contributed by atoms with E-state index in [1.165, 1.54) is 31.3 Å². The van der Waals surface area contributed by atoms with Gasteiger partial charge in [-0.25, -0.2) is 4.79 Å². The lowest BCUT2D eigenvalue weighted by molar-refractivity contribution is -0.127. The second-order valence-corrected chi connectivity index (χ2v) is 8.66. The number of likely N-dealkylation sites (tertiary alicyclic amines) is 1. The number of ether oxygens (including phenoxy) is 2. The highest BCUT2D eigenvalue weighted by atomic mass is 16.7. The Balaban J connectivity index is 1.39. The standard InChI is InChI=1S/C25H34N2O5/c1-3-31-25(30)32-22-10-8-21(9-11-22)24(29)26-17-19-12-14-27(15-13-19)23(28)16-18(2)20-6-4-5-7-20/h8-11,16,19-20H,3-7,12-15,17H2,1-2H3,(H,26,29)/b18-16+. The van der Waals surface area contributed by atoms with Crippen molar-refractivity contribution in [1.29, 1.82) is 0 Å². The summed E-state index contributed by atoms with van der Waals surface area (Å²) in [4.78, 5) is 38.3. The van der Waals surface area contributed by atoms with Crippen LogP contribution < -0.4 is 10.1 Å². The molecule has 32 heavy (non-hydrogen) atoms. The molecule has 1 saturated heterocycles. The predicted octanol–water partition coefficient (Wildman–Crippen LogP) is 4.33. The molecule has 1 saturated carbocycles. The number of hydrogen-bond donors (Lipinski definition) is 1. The van der Waals surface area contributed by atoms with E-state index in [1.54, 1.807) is 31.2 Å². The molecule has 7 heteroatoms. The largest absolute Gasteiger partial charge is 0.513 e. The second-order valence-electron chi connectivity index (χ2n) is 8.66. The summed E-state index contributed by atoms with van der Waals surface area (Å²) < 4.78 is 9.72. The first-order valence-electron chi connectivity index (χ1n) is 11.7. The highest BCUT2D eigenvalue weighted by Gasteiger charge is 2.24. The summed E-state index contributed by atoms with van der Waals surface area (Å²) in [5.74, 6) is 1.23. The highest BCUT2D eigenvalue weighted by molar-refractivity contribution is 5.94. The zero-order chi connectivity index (χ0) is 22.9. The number of nitrogens with one attached hydrogen (secondary N) is 1. The van der Waals surface area contributed by atoms with Crippen molar-refractivity contribution in [3.63, 3.8) is 0 Å². The summed E-state index contributed by atoms with van der Waals surface area (Å²) >= 11 is 0. The zero-order valence-electron chi connectivity index (χ0n) is 19.1. The zero-order valence-corrected chi connectivity index (χ0v) is 19.1. The fourth-order valence-electron chi connectivity index (χ4n) is 4.40. The van der Waals surface area contributed by atoms with Gasteiger partial charge in [-0.1, -0.05) is 18.4 Å². The van der Waals surface area contributed by atoms with E-state index in [0.717, 1.165) is 25.9 Å². The summed E-state index contributed by atoms with van der Waals surface area (Å²) in [7, 11) is 0. The molecule has 1 heterocycles. The lowest BCUT2D eigenvalue weighted by atomic mass is 9.95. The van der Waals surface area contributed by atoms with Gasteiger partial charge in [-0.05, 0) is 75.6 Å². The molecule has 2 amide bonds. The van der Waals surface area contributed by atoms with Crippen LogP contribution in [-0.2, 0) is 9.53 Å². The van der Waals surface area contributed by atoms with E-state index in [2.05, 4.69) is 12.2 Å². The molecular weight excluding hydrogens is 408 g/mol. The minimum Gasteiger partial charge on any atom is -0.434 e. The number of carbonyl (C=O) groups excluding carboxylic acids is 3. The maximum Gasteiger partial charge on any atom is 0.513 e. The molecule has 0 spiro atoms. The van der Waals surface area contributed by atoms with Crippen molar-refractivity contribution in [2.45, 2.75) is 52.4 Å². The summed E-state index contributed by atoms with van der Waals surface area (Å²) in [5.41, 5.74) is 1.72. The van der Waals surface area contributed by atoms with Gasteiger partial charge in [0.2, 0.25) is 5.91 Å². The fourth-order valence-corrected chi connectivity index (χ4v) is 4.40. The third-order valence-corrected chi connectivity index (χ3v) is 6.41. The lowest BCUT2D eigenvalue weighted by Gasteiger charge is -2.31. The predicted molar refractivity (Wildman–Crippen MR) is 121 cm³/mol. The van der Waals surface area contributed by atoms with E-state index in [-0.39, 0.29) is 18.4 Å². The number of piperidine rings is 1. The van der Waals surface area contributed by atoms with Crippen LogP contribution in [0.15, 0.2) is 35.9 Å². The van der Waals surface area contributed by atoms with Gasteiger partial charge in [0.05, 0.1) is 6.61 Å². The minimum absolute atomic E-state index is 0.127. The Bertz CT molecular complexity index is 819. The van der Waals surface area contributed by atoms with E-state index in [1.807, 2.05) is 11.0 Å². The van der Waals surface area contributed by atoms with Gasteiger partial charge in [-0.15, -0.1) is 0 Å². The van der Waals surface area contributed by atoms with Gasteiger partial charge in [0.25, 0.3) is 5.91 Å². The van der Waals surface area contributed by atoms with Crippen LogP contribution in [-0.4, -0.2) is 49.1 Å². The SMILES string of the molecule is CCOC(=O)Oc1ccc(C(=O)NCC2CCN(C(=O)/C=C(\C)C3CCCC3)CC2)cc1. The maximum atomic E-state index is 12.6. The number of nitrogens with zero attached hydrogens (tertiary/aromatic N) is 1. The molecule has 2 aliphatic rings. The van der Waals surface area contributed by atoms with Gasteiger partial charge in [0.1, 0.15) is 5.75 Å². The van der Waals surface area contributed by atoms with Crippen LogP contribution in [0.25, 0.3) is 0 Å². The van der Waals surface area contributed by atoms with Crippen molar-refractivity contribution < 1.29 is 23.9 Å². The molecular formula is C25H34N2O5. The molecule has 3 rings (SSSR count). The van der Waals surface area contributed by atoms with Crippen LogP contribution >= 0.6 is 0 Å². The molecule has 0 radical (unpaired) electrons. The van der Waals surface area contributed by atoms with E-state index in [9.17, 15) is 14.4 Å². The maximum absolute atomic E-state index is 12.6. The van der Waals surface area contributed by atoms with Crippen molar-refractivity contribution >= 4 is 18.0 Å². The molecule has 1 aromatic rings. The molecule has 1 aliphatic heterocycles. The number of benzene rings is 1. The number of amides is 2. The normalized spacial score (nSPS) is 17.8. The highest BCUT2D eigenvalue weighted by Crippen LogP contribution is 2.31. The number of allylic oxidation sites excluding steroid dienone is 1. The van der Waals surface area contributed by atoms with Crippen molar-refractivity contribution in [1.82, 2.24) is 10.2 Å². The van der Waals surface area contributed by atoms with Crippen molar-refractivity contribution in [3.8, 4) is 5.75 Å². The minimum atomic E-state index is -0.765. The summed E-state index contributed by atoms with van der Waals surface area (Å²) in [6.07, 6.45) is 7.80. The smallest absolute Gasteiger partial charge is 0.434 e. The third-order valence-electron chi connectivity index (χ3n) is 6.41. The Kier molecular flexibility index (Phi) is 8.71. The summed E-state index contributed by atoms with van der Waals surface area (Å²) in [5, 5.41) is 2.98. The Hall–Kier alpha value is -2.83. The Morgan fingerprint density at radius 2 is 1.72 bits per heavy atom. The van der Waals surface area contributed by atoms with Gasteiger partial charge < -0.3 is 19.7 Å². The molecule has 174 valence electrons. The van der Waals surface area contributed by atoms with Crippen molar-refractivity contribution in [2.75, 3.05) is 26.2 Å². The van der Waals surface area contributed by atoms with Gasteiger partial charge in [0.15, 0.2) is 0 Å². The van der Waals surface area contributed by atoms with Crippen LogP contribution in [0.2, 0.25) is 0 Å². The van der Waals surface area contributed by atoms with Crippen LogP contribution in [0.3, 0.4) is 0 Å². The molecule has 1 N–H and O–H groups in total. The fraction of sp³-hybridized carbons (Fsp3) is 0.560.